The quantitative estimate of drug-likeness (QED) is 0.648. The van der Waals surface area contributed by atoms with Crippen LogP contribution in [0.1, 0.15) is 30.6 Å². The van der Waals surface area contributed by atoms with Gasteiger partial charge in [-0.1, -0.05) is 0 Å². The third kappa shape index (κ3) is 2.57. The van der Waals surface area contributed by atoms with E-state index in [9.17, 15) is 14.9 Å². The Kier molecular flexibility index (Phi) is 3.63. The average Bonchev–Trinajstić information content (AvgIpc) is 2.68. The number of nitrogens with zero attached hydrogens (tertiary/aromatic N) is 1. The topological polar surface area (TPSA) is 102 Å². The standard InChI is InChI=1S/C13H16N2O5/c1-8-13(2,5-6-20-8)14-9-3-4-11(15(18)19)10(7-9)12(16)17/h3-4,7-8,14H,5-6H2,1-2H3,(H,16,17). The number of ether oxygens (including phenoxy) is 1. The van der Waals surface area contributed by atoms with Gasteiger partial charge in [-0.05, 0) is 32.4 Å². The summed E-state index contributed by atoms with van der Waals surface area (Å²) in [6.45, 7) is 4.54. The fourth-order valence-electron chi connectivity index (χ4n) is 2.27. The Morgan fingerprint density at radius 1 is 1.60 bits per heavy atom. The largest absolute Gasteiger partial charge is 0.477 e. The summed E-state index contributed by atoms with van der Waals surface area (Å²) in [6, 6.07) is 4.01. The van der Waals surface area contributed by atoms with Gasteiger partial charge in [0.05, 0.1) is 16.6 Å². The van der Waals surface area contributed by atoms with Crippen LogP contribution in [0.2, 0.25) is 0 Å². The lowest BCUT2D eigenvalue weighted by Crippen LogP contribution is -2.41. The van der Waals surface area contributed by atoms with Crippen molar-refractivity contribution in [2.75, 3.05) is 11.9 Å². The number of hydrogen-bond donors (Lipinski definition) is 2. The van der Waals surface area contributed by atoms with Crippen molar-refractivity contribution in [1.82, 2.24) is 0 Å². The first-order valence-electron chi connectivity index (χ1n) is 6.25. The number of nitrogens with one attached hydrogen (secondary N) is 1. The van der Waals surface area contributed by atoms with Crippen LogP contribution >= 0.6 is 0 Å². The van der Waals surface area contributed by atoms with Crippen molar-refractivity contribution in [1.29, 1.82) is 0 Å². The van der Waals surface area contributed by atoms with Crippen LogP contribution < -0.4 is 5.32 Å². The minimum atomic E-state index is -1.32. The number of hydrogen-bond acceptors (Lipinski definition) is 5. The van der Waals surface area contributed by atoms with Gasteiger partial charge in [-0.3, -0.25) is 10.1 Å². The smallest absolute Gasteiger partial charge is 0.342 e. The number of rotatable bonds is 4. The molecule has 1 aliphatic rings. The number of nitro benzene ring substituents is 1. The van der Waals surface area contributed by atoms with E-state index in [0.29, 0.717) is 12.3 Å². The van der Waals surface area contributed by atoms with E-state index in [1.165, 1.54) is 18.2 Å². The maximum absolute atomic E-state index is 11.1. The zero-order valence-corrected chi connectivity index (χ0v) is 11.3. The minimum absolute atomic E-state index is 0.0222. The van der Waals surface area contributed by atoms with E-state index in [0.717, 1.165) is 6.42 Å². The van der Waals surface area contributed by atoms with Crippen LogP contribution in [0.3, 0.4) is 0 Å². The molecule has 108 valence electrons. The SMILES string of the molecule is CC1OCCC1(C)Nc1ccc([N+](=O)[O-])c(C(=O)O)c1. The highest BCUT2D eigenvalue weighted by molar-refractivity contribution is 5.93. The molecule has 7 nitrogen and oxygen atoms in total. The molecule has 0 amide bonds. The Labute approximate surface area is 115 Å². The zero-order valence-electron chi connectivity index (χ0n) is 11.3. The molecule has 1 aliphatic heterocycles. The summed E-state index contributed by atoms with van der Waals surface area (Å²) < 4.78 is 5.49. The first-order valence-corrected chi connectivity index (χ1v) is 6.25. The number of carboxylic acids is 1. The van der Waals surface area contributed by atoms with E-state index in [-0.39, 0.29) is 17.2 Å². The number of benzene rings is 1. The molecule has 2 rings (SSSR count). The van der Waals surface area contributed by atoms with Crippen molar-refractivity contribution < 1.29 is 19.6 Å². The van der Waals surface area contributed by atoms with Crippen molar-refractivity contribution in [2.24, 2.45) is 0 Å². The van der Waals surface area contributed by atoms with Gasteiger partial charge >= 0.3 is 5.97 Å². The van der Waals surface area contributed by atoms with Crippen LogP contribution in [0.5, 0.6) is 0 Å². The normalized spacial score (nSPS) is 25.4. The molecule has 20 heavy (non-hydrogen) atoms. The Morgan fingerprint density at radius 2 is 2.30 bits per heavy atom. The van der Waals surface area contributed by atoms with Gasteiger partial charge in [-0.15, -0.1) is 0 Å². The maximum Gasteiger partial charge on any atom is 0.342 e. The average molecular weight is 280 g/mol. The highest BCUT2D eigenvalue weighted by Crippen LogP contribution is 2.31. The van der Waals surface area contributed by atoms with E-state index >= 15 is 0 Å². The lowest BCUT2D eigenvalue weighted by molar-refractivity contribution is -0.385. The van der Waals surface area contributed by atoms with Gasteiger partial charge in [0, 0.05) is 18.4 Å². The van der Waals surface area contributed by atoms with Crippen molar-refractivity contribution in [3.8, 4) is 0 Å². The van der Waals surface area contributed by atoms with Gasteiger partial charge in [0.2, 0.25) is 0 Å². The Morgan fingerprint density at radius 3 is 2.80 bits per heavy atom. The summed E-state index contributed by atoms with van der Waals surface area (Å²) in [4.78, 5) is 21.2. The van der Waals surface area contributed by atoms with E-state index in [2.05, 4.69) is 5.32 Å². The number of carbonyl (C=O) groups is 1. The lowest BCUT2D eigenvalue weighted by atomic mass is 9.94. The van der Waals surface area contributed by atoms with Crippen LogP contribution in [0.15, 0.2) is 18.2 Å². The predicted octanol–water partition coefficient (Wildman–Crippen LogP) is 2.27. The number of aromatic carboxylic acids is 1. The summed E-state index contributed by atoms with van der Waals surface area (Å²) in [5, 5.41) is 23.1. The van der Waals surface area contributed by atoms with Crippen LogP contribution in [0.4, 0.5) is 11.4 Å². The minimum Gasteiger partial charge on any atom is -0.477 e. The van der Waals surface area contributed by atoms with E-state index in [1.807, 2.05) is 13.8 Å². The molecule has 1 aromatic rings. The molecule has 2 N–H and O–H groups in total. The molecule has 0 bridgehead atoms. The van der Waals surface area contributed by atoms with Gasteiger partial charge in [-0.25, -0.2) is 4.79 Å². The molecule has 0 saturated carbocycles. The van der Waals surface area contributed by atoms with Crippen LogP contribution in [0, 0.1) is 10.1 Å². The van der Waals surface area contributed by atoms with Gasteiger partial charge in [0.15, 0.2) is 0 Å². The molecule has 7 heteroatoms. The number of anilines is 1. The number of nitro groups is 1. The second-order valence-corrected chi connectivity index (χ2v) is 5.10. The van der Waals surface area contributed by atoms with Gasteiger partial charge in [0.25, 0.3) is 5.69 Å². The third-order valence-corrected chi connectivity index (χ3v) is 3.74. The van der Waals surface area contributed by atoms with E-state index in [1.54, 1.807) is 0 Å². The Balaban J connectivity index is 2.32. The lowest BCUT2D eigenvalue weighted by Gasteiger charge is -2.30. The second kappa shape index (κ2) is 5.09. The summed E-state index contributed by atoms with van der Waals surface area (Å²) in [7, 11) is 0. The van der Waals surface area contributed by atoms with Crippen molar-refractivity contribution >= 4 is 17.3 Å². The highest BCUT2D eigenvalue weighted by Gasteiger charge is 2.37. The highest BCUT2D eigenvalue weighted by atomic mass is 16.6. The number of carboxylic acid groups (broad SMARTS) is 1. The van der Waals surface area contributed by atoms with Crippen LogP contribution in [-0.2, 0) is 4.74 Å². The maximum atomic E-state index is 11.1. The van der Waals surface area contributed by atoms with Gasteiger partial charge < -0.3 is 15.2 Å². The summed E-state index contributed by atoms with van der Waals surface area (Å²) in [6.07, 6.45) is 0.763. The van der Waals surface area contributed by atoms with Crippen molar-refractivity contribution in [3.63, 3.8) is 0 Å². The van der Waals surface area contributed by atoms with E-state index in [4.69, 9.17) is 9.84 Å². The Hall–Kier alpha value is -2.15. The molecule has 2 unspecified atom stereocenters. The van der Waals surface area contributed by atoms with Crippen molar-refractivity contribution in [3.05, 3.63) is 33.9 Å². The third-order valence-electron chi connectivity index (χ3n) is 3.74. The summed E-state index contributed by atoms with van der Waals surface area (Å²) >= 11 is 0. The predicted molar refractivity (Wildman–Crippen MR) is 72.1 cm³/mol. The van der Waals surface area contributed by atoms with Crippen LogP contribution in [0.25, 0.3) is 0 Å². The molecule has 1 heterocycles. The zero-order chi connectivity index (χ0) is 14.9. The first-order chi connectivity index (χ1) is 9.33. The molecule has 0 aromatic heterocycles. The molecule has 0 radical (unpaired) electrons. The molecule has 2 atom stereocenters. The van der Waals surface area contributed by atoms with Gasteiger partial charge in [0.1, 0.15) is 5.56 Å². The van der Waals surface area contributed by atoms with Crippen molar-refractivity contribution in [2.45, 2.75) is 31.9 Å². The van der Waals surface area contributed by atoms with Gasteiger partial charge in [-0.2, -0.15) is 0 Å². The fourth-order valence-corrected chi connectivity index (χ4v) is 2.27. The molecule has 1 saturated heterocycles. The molecule has 0 aliphatic carbocycles. The second-order valence-electron chi connectivity index (χ2n) is 5.10. The summed E-state index contributed by atoms with van der Waals surface area (Å²) in [5.74, 6) is -1.32. The monoisotopic (exact) mass is 280 g/mol. The first kappa shape index (κ1) is 14.3. The molecule has 1 aromatic carbocycles. The summed E-state index contributed by atoms with van der Waals surface area (Å²) in [5.41, 5.74) is -0.515. The molecular formula is C13H16N2O5. The Bertz CT molecular complexity index is 560. The van der Waals surface area contributed by atoms with E-state index < -0.39 is 16.6 Å². The molecule has 1 fully saturated rings. The van der Waals surface area contributed by atoms with Crippen LogP contribution in [-0.4, -0.2) is 34.2 Å². The molecular weight excluding hydrogens is 264 g/mol. The fraction of sp³-hybridized carbons (Fsp3) is 0.462. The molecule has 0 spiro atoms.